The molecular weight excluding hydrogens is 450 g/mol. The third kappa shape index (κ3) is 8.72. The Morgan fingerprint density at radius 1 is 0.971 bits per heavy atom. The van der Waals surface area contributed by atoms with Gasteiger partial charge in [0.25, 0.3) is 0 Å². The maximum atomic E-state index is 9.39. The number of nitriles is 1. The van der Waals surface area contributed by atoms with Crippen LogP contribution in [0.1, 0.15) is 103 Å². The fraction of sp³-hybridized carbons (Fsp3) is 0.655. The smallest absolute Gasteiger partial charge is 0.176 e. The molecular formula is C29H45N5S. The van der Waals surface area contributed by atoms with Gasteiger partial charge in [0.05, 0.1) is 11.4 Å². The van der Waals surface area contributed by atoms with Gasteiger partial charge in [-0.25, -0.2) is 0 Å². The fourth-order valence-electron chi connectivity index (χ4n) is 4.55. The quantitative estimate of drug-likeness (QED) is 0.218. The van der Waals surface area contributed by atoms with E-state index in [1.54, 1.807) is 0 Å². The van der Waals surface area contributed by atoms with Crippen molar-refractivity contribution in [1.29, 1.82) is 5.26 Å². The molecule has 0 fully saturated rings. The van der Waals surface area contributed by atoms with Gasteiger partial charge in [-0.1, -0.05) is 73.1 Å². The van der Waals surface area contributed by atoms with E-state index in [9.17, 15) is 5.26 Å². The number of azo groups is 1. The Bertz CT molecular complexity index is 940. The van der Waals surface area contributed by atoms with Crippen molar-refractivity contribution in [3.8, 4) is 6.07 Å². The van der Waals surface area contributed by atoms with Crippen LogP contribution >= 0.6 is 11.5 Å². The van der Waals surface area contributed by atoms with Crippen LogP contribution in [0.3, 0.4) is 0 Å². The predicted molar refractivity (Wildman–Crippen MR) is 150 cm³/mol. The molecule has 0 aliphatic carbocycles. The number of benzene rings is 1. The summed E-state index contributed by atoms with van der Waals surface area (Å²) < 4.78 is 4.25. The highest BCUT2D eigenvalue weighted by molar-refractivity contribution is 7.10. The van der Waals surface area contributed by atoms with E-state index in [0.717, 1.165) is 42.7 Å². The number of anilines is 1. The third-order valence-electron chi connectivity index (χ3n) is 7.06. The topological polar surface area (TPSA) is 64.6 Å². The van der Waals surface area contributed by atoms with Gasteiger partial charge in [0.2, 0.25) is 0 Å². The molecule has 0 spiro atoms. The highest BCUT2D eigenvalue weighted by Crippen LogP contribution is 2.32. The summed E-state index contributed by atoms with van der Waals surface area (Å²) in [6.45, 7) is 15.5. The van der Waals surface area contributed by atoms with E-state index < -0.39 is 0 Å². The van der Waals surface area contributed by atoms with Crippen molar-refractivity contribution in [2.75, 3.05) is 18.0 Å². The molecule has 0 N–H and O–H groups in total. The first-order chi connectivity index (χ1) is 17.0. The second-order valence-electron chi connectivity index (χ2n) is 9.66. The van der Waals surface area contributed by atoms with Crippen LogP contribution in [-0.4, -0.2) is 17.5 Å². The molecule has 0 saturated heterocycles. The van der Waals surface area contributed by atoms with Crippen molar-refractivity contribution in [3.63, 3.8) is 0 Å². The summed E-state index contributed by atoms with van der Waals surface area (Å²) in [5, 5.41) is 18.9. The van der Waals surface area contributed by atoms with Crippen LogP contribution in [0.25, 0.3) is 0 Å². The molecule has 0 aliphatic rings. The van der Waals surface area contributed by atoms with Crippen LogP contribution in [0, 0.1) is 30.1 Å². The highest BCUT2D eigenvalue weighted by atomic mass is 32.1. The SMILES string of the molecule is CCCCC(CC)CN(CC(CC)CCCC)c1ccc(/N=N/c2snc(C)c2C#N)c(CC)c1. The summed E-state index contributed by atoms with van der Waals surface area (Å²) in [6.07, 6.45) is 11.1. The van der Waals surface area contributed by atoms with Gasteiger partial charge in [-0.05, 0) is 73.3 Å². The van der Waals surface area contributed by atoms with Gasteiger partial charge in [-0.2, -0.15) is 9.64 Å². The number of aryl methyl sites for hydroxylation is 2. The fourth-order valence-corrected chi connectivity index (χ4v) is 5.22. The minimum Gasteiger partial charge on any atom is -0.371 e. The number of rotatable bonds is 16. The molecule has 6 heteroatoms. The van der Waals surface area contributed by atoms with E-state index in [0.29, 0.717) is 10.6 Å². The number of unbranched alkanes of at least 4 members (excludes halogenated alkanes) is 2. The molecule has 2 aromatic rings. The molecule has 0 bridgehead atoms. The second kappa shape index (κ2) is 15.7. The standard InChI is InChI=1S/C29H45N5S/c1-7-12-14-23(9-3)20-34(21-24(10-4)15-13-8-2)26-16-17-28(25(11-5)18-26)31-32-29-27(19-30)22(6)33-35-29/h16-18,23-24H,7-15,20-21H2,1-6H3/b32-31+. The van der Waals surface area contributed by atoms with Gasteiger partial charge in [0, 0.05) is 18.8 Å². The molecule has 2 atom stereocenters. The number of nitrogens with zero attached hydrogens (tertiary/aromatic N) is 5. The lowest BCUT2D eigenvalue weighted by Crippen LogP contribution is -2.34. The van der Waals surface area contributed by atoms with E-state index in [2.05, 4.69) is 78.4 Å². The van der Waals surface area contributed by atoms with Crippen molar-refractivity contribution >= 4 is 27.9 Å². The summed E-state index contributed by atoms with van der Waals surface area (Å²) in [4.78, 5) is 2.65. The first-order valence-electron chi connectivity index (χ1n) is 13.7. The average molecular weight is 496 g/mol. The van der Waals surface area contributed by atoms with E-state index in [1.807, 2.05) is 6.92 Å². The maximum Gasteiger partial charge on any atom is 0.176 e. The Hall–Kier alpha value is -2.26. The molecule has 192 valence electrons. The van der Waals surface area contributed by atoms with Crippen molar-refractivity contribution in [2.45, 2.75) is 99.3 Å². The van der Waals surface area contributed by atoms with Crippen molar-refractivity contribution < 1.29 is 0 Å². The monoisotopic (exact) mass is 495 g/mol. The van der Waals surface area contributed by atoms with Crippen molar-refractivity contribution in [1.82, 2.24) is 4.37 Å². The van der Waals surface area contributed by atoms with Crippen LogP contribution in [0.15, 0.2) is 28.4 Å². The Morgan fingerprint density at radius 3 is 2.11 bits per heavy atom. The number of aromatic nitrogens is 1. The van der Waals surface area contributed by atoms with Gasteiger partial charge in [0.15, 0.2) is 5.00 Å². The Morgan fingerprint density at radius 2 is 1.60 bits per heavy atom. The van der Waals surface area contributed by atoms with Crippen LogP contribution in [0.4, 0.5) is 16.4 Å². The van der Waals surface area contributed by atoms with E-state index in [-0.39, 0.29) is 0 Å². The molecule has 0 amide bonds. The Kier molecular flexibility index (Phi) is 13.0. The van der Waals surface area contributed by atoms with E-state index >= 15 is 0 Å². The van der Waals surface area contributed by atoms with E-state index in [1.165, 1.54) is 74.1 Å². The first-order valence-corrected chi connectivity index (χ1v) is 14.4. The molecule has 1 aromatic carbocycles. The zero-order valence-corrected chi connectivity index (χ0v) is 23.6. The minimum atomic E-state index is 0.523. The average Bonchev–Trinajstić information content (AvgIpc) is 3.25. The lowest BCUT2D eigenvalue weighted by Gasteiger charge is -2.33. The summed E-state index contributed by atoms with van der Waals surface area (Å²) in [5.74, 6) is 1.45. The van der Waals surface area contributed by atoms with Gasteiger partial charge >= 0.3 is 0 Å². The van der Waals surface area contributed by atoms with Gasteiger partial charge in [-0.3, -0.25) is 0 Å². The van der Waals surface area contributed by atoms with Crippen LogP contribution in [0.5, 0.6) is 0 Å². The summed E-state index contributed by atoms with van der Waals surface area (Å²) >= 11 is 1.23. The van der Waals surface area contributed by atoms with Crippen molar-refractivity contribution in [3.05, 3.63) is 35.0 Å². The molecule has 1 aromatic heterocycles. The minimum absolute atomic E-state index is 0.523. The van der Waals surface area contributed by atoms with Gasteiger partial charge < -0.3 is 4.90 Å². The second-order valence-corrected chi connectivity index (χ2v) is 10.4. The van der Waals surface area contributed by atoms with Crippen LogP contribution < -0.4 is 4.90 Å². The Balaban J connectivity index is 2.33. The first kappa shape index (κ1) is 29.0. The number of hydrogen-bond acceptors (Lipinski definition) is 6. The molecule has 5 nitrogen and oxygen atoms in total. The normalized spacial score (nSPS) is 13.2. The summed E-state index contributed by atoms with van der Waals surface area (Å²) in [6, 6.07) is 8.83. The molecule has 0 radical (unpaired) electrons. The summed E-state index contributed by atoms with van der Waals surface area (Å²) in [5.41, 5.74) is 4.61. The zero-order chi connectivity index (χ0) is 25.6. The molecule has 2 unspecified atom stereocenters. The van der Waals surface area contributed by atoms with Gasteiger partial charge in [0.1, 0.15) is 11.6 Å². The molecule has 1 heterocycles. The highest BCUT2D eigenvalue weighted by Gasteiger charge is 2.19. The maximum absolute atomic E-state index is 9.39. The van der Waals surface area contributed by atoms with Crippen LogP contribution in [0.2, 0.25) is 0 Å². The molecule has 0 saturated carbocycles. The lowest BCUT2D eigenvalue weighted by atomic mass is 9.95. The largest absolute Gasteiger partial charge is 0.371 e. The number of hydrogen-bond donors (Lipinski definition) is 0. The predicted octanol–water partition coefficient (Wildman–Crippen LogP) is 9.54. The third-order valence-corrected chi connectivity index (χ3v) is 7.88. The Labute approximate surface area is 217 Å². The van der Waals surface area contributed by atoms with Crippen LogP contribution in [-0.2, 0) is 6.42 Å². The molecule has 35 heavy (non-hydrogen) atoms. The zero-order valence-electron chi connectivity index (χ0n) is 22.8. The molecule has 0 aliphatic heterocycles. The van der Waals surface area contributed by atoms with E-state index in [4.69, 9.17) is 0 Å². The summed E-state index contributed by atoms with van der Waals surface area (Å²) in [7, 11) is 0. The lowest BCUT2D eigenvalue weighted by molar-refractivity contribution is 0.403. The van der Waals surface area contributed by atoms with Gasteiger partial charge in [-0.15, -0.1) is 10.2 Å². The van der Waals surface area contributed by atoms with Crippen molar-refractivity contribution in [2.24, 2.45) is 22.1 Å². The molecule has 2 rings (SSSR count).